The smallest absolute Gasteiger partial charge is 0.105 e. The minimum atomic E-state index is 0.800. The molecule has 2 aromatic rings. The number of hydrogen-bond acceptors (Lipinski definition) is 3. The zero-order valence-corrected chi connectivity index (χ0v) is 11.2. The van der Waals surface area contributed by atoms with E-state index in [2.05, 4.69) is 25.2 Å². The number of anilines is 2. The molecule has 0 fully saturated rings. The molecule has 0 aliphatic carbocycles. The van der Waals surface area contributed by atoms with Crippen LogP contribution < -0.4 is 11.1 Å². The molecule has 0 atom stereocenters. The molecule has 1 aromatic heterocycles. The Hall–Kier alpha value is -1.90. The van der Waals surface area contributed by atoms with E-state index in [0.29, 0.717) is 0 Å². The summed E-state index contributed by atoms with van der Waals surface area (Å²) in [6.45, 7) is 6.94. The molecule has 3 heteroatoms. The van der Waals surface area contributed by atoms with Crippen molar-refractivity contribution >= 4 is 11.4 Å². The van der Waals surface area contributed by atoms with Gasteiger partial charge in [0.1, 0.15) is 11.5 Å². The van der Waals surface area contributed by atoms with E-state index in [4.69, 9.17) is 10.2 Å². The molecule has 1 aromatic carbocycles. The third-order valence-corrected chi connectivity index (χ3v) is 3.15. The van der Waals surface area contributed by atoms with Gasteiger partial charge in [0.25, 0.3) is 0 Å². The van der Waals surface area contributed by atoms with Crippen LogP contribution in [0, 0.1) is 20.8 Å². The van der Waals surface area contributed by atoms with Crippen molar-refractivity contribution in [3.8, 4) is 0 Å². The van der Waals surface area contributed by atoms with Crippen molar-refractivity contribution in [3.63, 3.8) is 0 Å². The largest absolute Gasteiger partial charge is 0.466 e. The van der Waals surface area contributed by atoms with Crippen LogP contribution in [0.2, 0.25) is 0 Å². The van der Waals surface area contributed by atoms with E-state index in [1.165, 1.54) is 11.1 Å². The lowest BCUT2D eigenvalue weighted by Crippen LogP contribution is -2.07. The Kier molecular flexibility index (Phi) is 3.60. The van der Waals surface area contributed by atoms with Gasteiger partial charge in [-0.25, -0.2) is 0 Å². The van der Waals surface area contributed by atoms with E-state index in [0.717, 1.165) is 35.9 Å². The molecule has 2 rings (SSSR count). The number of rotatable bonds is 4. The predicted molar refractivity (Wildman–Crippen MR) is 76.0 cm³/mol. The first-order chi connectivity index (χ1) is 8.56. The maximum Gasteiger partial charge on any atom is 0.105 e. The summed E-state index contributed by atoms with van der Waals surface area (Å²) in [6, 6.07) is 8.10. The maximum absolute atomic E-state index is 5.99. The topological polar surface area (TPSA) is 51.2 Å². The standard InChI is InChI=1S/C15H20N2O/c1-10-8-14(16)15(9-11(10)2)17-7-6-13-5-4-12(3)18-13/h4-5,8-9,17H,6-7,16H2,1-3H3. The number of aryl methyl sites for hydroxylation is 3. The summed E-state index contributed by atoms with van der Waals surface area (Å²) < 4.78 is 5.52. The summed E-state index contributed by atoms with van der Waals surface area (Å²) in [5, 5.41) is 3.35. The highest BCUT2D eigenvalue weighted by Crippen LogP contribution is 2.22. The molecule has 18 heavy (non-hydrogen) atoms. The van der Waals surface area contributed by atoms with Crippen LogP contribution in [0.3, 0.4) is 0 Å². The fourth-order valence-electron chi connectivity index (χ4n) is 1.93. The predicted octanol–water partition coefficient (Wildman–Crippen LogP) is 3.44. The van der Waals surface area contributed by atoms with Crippen LogP contribution >= 0.6 is 0 Å². The third-order valence-electron chi connectivity index (χ3n) is 3.15. The van der Waals surface area contributed by atoms with Gasteiger partial charge in [0.15, 0.2) is 0 Å². The van der Waals surface area contributed by atoms with Gasteiger partial charge >= 0.3 is 0 Å². The lowest BCUT2D eigenvalue weighted by atomic mass is 10.1. The summed E-state index contributed by atoms with van der Waals surface area (Å²) in [4.78, 5) is 0. The Morgan fingerprint density at radius 1 is 1.11 bits per heavy atom. The monoisotopic (exact) mass is 244 g/mol. The van der Waals surface area contributed by atoms with E-state index in [9.17, 15) is 0 Å². The van der Waals surface area contributed by atoms with Crippen LogP contribution in [0.15, 0.2) is 28.7 Å². The molecule has 1 heterocycles. The van der Waals surface area contributed by atoms with E-state index < -0.39 is 0 Å². The number of furan rings is 1. The first-order valence-electron chi connectivity index (χ1n) is 6.22. The highest BCUT2D eigenvalue weighted by Gasteiger charge is 2.03. The van der Waals surface area contributed by atoms with Crippen LogP contribution in [0.1, 0.15) is 22.6 Å². The number of hydrogen-bond donors (Lipinski definition) is 2. The van der Waals surface area contributed by atoms with Gasteiger partial charge in [-0.15, -0.1) is 0 Å². The molecule has 0 amide bonds. The molecule has 0 aliphatic heterocycles. The van der Waals surface area contributed by atoms with Crippen molar-refractivity contribution < 1.29 is 4.42 Å². The summed E-state index contributed by atoms with van der Waals surface area (Å²) >= 11 is 0. The van der Waals surface area contributed by atoms with Gasteiger partial charge in [-0.1, -0.05) is 0 Å². The molecule has 3 N–H and O–H groups in total. The second-order valence-electron chi connectivity index (χ2n) is 4.71. The molecule has 0 unspecified atom stereocenters. The average molecular weight is 244 g/mol. The second kappa shape index (κ2) is 5.17. The molecule has 3 nitrogen and oxygen atoms in total. The molecule has 0 radical (unpaired) electrons. The van der Waals surface area contributed by atoms with Gasteiger partial charge in [-0.2, -0.15) is 0 Å². The van der Waals surface area contributed by atoms with Crippen molar-refractivity contribution in [2.45, 2.75) is 27.2 Å². The van der Waals surface area contributed by atoms with Crippen LogP contribution in [0.4, 0.5) is 11.4 Å². The van der Waals surface area contributed by atoms with Crippen molar-refractivity contribution in [2.75, 3.05) is 17.6 Å². The van der Waals surface area contributed by atoms with Crippen LogP contribution in [0.25, 0.3) is 0 Å². The molecule has 0 spiro atoms. The maximum atomic E-state index is 5.99. The minimum Gasteiger partial charge on any atom is -0.466 e. The summed E-state index contributed by atoms with van der Waals surface area (Å²) in [5.41, 5.74) is 10.3. The zero-order chi connectivity index (χ0) is 13.1. The van der Waals surface area contributed by atoms with Gasteiger partial charge in [-0.3, -0.25) is 0 Å². The van der Waals surface area contributed by atoms with Crippen LogP contribution in [0.5, 0.6) is 0 Å². The number of nitrogens with two attached hydrogens (primary N) is 1. The molecule has 96 valence electrons. The van der Waals surface area contributed by atoms with E-state index in [-0.39, 0.29) is 0 Å². The fraction of sp³-hybridized carbons (Fsp3) is 0.333. The minimum absolute atomic E-state index is 0.800. The molecular weight excluding hydrogens is 224 g/mol. The van der Waals surface area contributed by atoms with Gasteiger partial charge in [0, 0.05) is 13.0 Å². The SMILES string of the molecule is Cc1ccc(CCNc2cc(C)c(C)cc2N)o1. The summed E-state index contributed by atoms with van der Waals surface area (Å²) in [7, 11) is 0. The normalized spacial score (nSPS) is 10.6. The number of nitrogens with one attached hydrogen (secondary N) is 1. The first-order valence-corrected chi connectivity index (χ1v) is 6.22. The van der Waals surface area contributed by atoms with Crippen LogP contribution in [-0.2, 0) is 6.42 Å². The lowest BCUT2D eigenvalue weighted by molar-refractivity contribution is 0.486. The highest BCUT2D eigenvalue weighted by molar-refractivity contribution is 5.68. The Balaban J connectivity index is 1.96. The Morgan fingerprint density at radius 2 is 1.83 bits per heavy atom. The van der Waals surface area contributed by atoms with Gasteiger partial charge < -0.3 is 15.5 Å². The van der Waals surface area contributed by atoms with E-state index >= 15 is 0 Å². The van der Waals surface area contributed by atoms with Crippen molar-refractivity contribution in [1.29, 1.82) is 0 Å². The highest BCUT2D eigenvalue weighted by atomic mass is 16.3. The molecule has 0 aliphatic rings. The zero-order valence-electron chi connectivity index (χ0n) is 11.2. The first kappa shape index (κ1) is 12.6. The molecule has 0 saturated heterocycles. The Labute approximate surface area is 108 Å². The van der Waals surface area contributed by atoms with Gasteiger partial charge in [0.05, 0.1) is 11.4 Å². The molecule has 0 saturated carbocycles. The molecular formula is C15H20N2O. The quantitative estimate of drug-likeness (QED) is 0.810. The van der Waals surface area contributed by atoms with Crippen molar-refractivity contribution in [1.82, 2.24) is 0 Å². The Morgan fingerprint density at radius 3 is 2.50 bits per heavy atom. The number of nitrogen functional groups attached to an aromatic ring is 1. The Bertz CT molecular complexity index is 543. The van der Waals surface area contributed by atoms with Crippen LogP contribution in [-0.4, -0.2) is 6.54 Å². The van der Waals surface area contributed by atoms with E-state index in [1.807, 2.05) is 25.1 Å². The number of benzene rings is 1. The summed E-state index contributed by atoms with van der Waals surface area (Å²) in [5.74, 6) is 1.96. The summed E-state index contributed by atoms with van der Waals surface area (Å²) in [6.07, 6.45) is 0.861. The van der Waals surface area contributed by atoms with E-state index in [1.54, 1.807) is 0 Å². The van der Waals surface area contributed by atoms with Crippen molar-refractivity contribution in [3.05, 3.63) is 46.9 Å². The van der Waals surface area contributed by atoms with Gasteiger partial charge in [-0.05, 0) is 56.2 Å². The van der Waals surface area contributed by atoms with Crippen molar-refractivity contribution in [2.24, 2.45) is 0 Å². The third kappa shape index (κ3) is 2.86. The second-order valence-corrected chi connectivity index (χ2v) is 4.71. The molecule has 0 bridgehead atoms. The lowest BCUT2D eigenvalue weighted by Gasteiger charge is -2.11. The van der Waals surface area contributed by atoms with Gasteiger partial charge in [0.2, 0.25) is 0 Å². The average Bonchev–Trinajstić information content (AvgIpc) is 2.71. The fourth-order valence-corrected chi connectivity index (χ4v) is 1.93.